The van der Waals surface area contributed by atoms with Crippen LogP contribution < -0.4 is 15.0 Å². The lowest BCUT2D eigenvalue weighted by Crippen LogP contribution is -2.07. The van der Waals surface area contributed by atoms with Gasteiger partial charge >= 0.3 is 0 Å². The molecular weight excluding hydrogens is 306 g/mol. The first-order chi connectivity index (χ1) is 10.7. The van der Waals surface area contributed by atoms with Crippen molar-refractivity contribution in [1.82, 2.24) is 15.0 Å². The summed E-state index contributed by atoms with van der Waals surface area (Å²) in [7, 11) is 1.52. The number of rotatable bonds is 4. The summed E-state index contributed by atoms with van der Waals surface area (Å²) in [6, 6.07) is 6.81. The largest absolute Gasteiger partial charge is 0.493 e. The molecule has 0 saturated carbocycles. The maximum atomic E-state index is 11.8. The smallest absolute Gasteiger partial charge is 0.258 e. The lowest BCUT2D eigenvalue weighted by molar-refractivity contribution is 0.285. The predicted octanol–water partition coefficient (Wildman–Crippen LogP) is 2.56. The maximum Gasteiger partial charge on any atom is 0.258 e. The monoisotopic (exact) mass is 317 g/mol. The molecule has 0 fully saturated rings. The molecule has 7 heteroatoms. The van der Waals surface area contributed by atoms with E-state index in [1.807, 2.05) is 6.07 Å². The number of hydrogen-bond acceptors (Lipinski definition) is 5. The summed E-state index contributed by atoms with van der Waals surface area (Å²) < 4.78 is 11.0. The van der Waals surface area contributed by atoms with Gasteiger partial charge in [0.1, 0.15) is 11.8 Å². The Hall–Kier alpha value is -2.60. The zero-order chi connectivity index (χ0) is 15.5. The summed E-state index contributed by atoms with van der Waals surface area (Å²) >= 11 is 5.84. The lowest BCUT2D eigenvalue weighted by Gasteiger charge is -2.11. The van der Waals surface area contributed by atoms with Gasteiger partial charge in [-0.15, -0.1) is 0 Å². The van der Waals surface area contributed by atoms with Crippen LogP contribution in [0.4, 0.5) is 0 Å². The van der Waals surface area contributed by atoms with Gasteiger partial charge in [0.25, 0.3) is 5.56 Å². The predicted molar refractivity (Wildman–Crippen MR) is 82.5 cm³/mol. The third kappa shape index (κ3) is 2.87. The normalized spacial score (nSPS) is 10.6. The highest BCUT2D eigenvalue weighted by atomic mass is 35.5. The molecule has 22 heavy (non-hydrogen) atoms. The molecule has 1 N–H and O–H groups in total. The number of pyridine rings is 1. The molecule has 112 valence electrons. The number of hydrogen-bond donors (Lipinski definition) is 1. The highest BCUT2D eigenvalue weighted by Gasteiger charge is 2.10. The lowest BCUT2D eigenvalue weighted by atomic mass is 10.2. The van der Waals surface area contributed by atoms with E-state index in [9.17, 15) is 4.79 Å². The molecule has 0 amide bonds. The fourth-order valence-electron chi connectivity index (χ4n) is 2.04. The molecule has 0 spiro atoms. The van der Waals surface area contributed by atoms with Crippen LogP contribution in [0.15, 0.2) is 41.6 Å². The van der Waals surface area contributed by atoms with E-state index in [2.05, 4.69) is 15.0 Å². The van der Waals surface area contributed by atoms with Crippen molar-refractivity contribution in [3.8, 4) is 11.5 Å². The number of aromatic amines is 1. The van der Waals surface area contributed by atoms with E-state index in [1.54, 1.807) is 24.4 Å². The molecule has 0 aliphatic carbocycles. The van der Waals surface area contributed by atoms with Crippen LogP contribution >= 0.6 is 11.6 Å². The summed E-state index contributed by atoms with van der Waals surface area (Å²) in [5.41, 5.74) is 1.18. The number of benzene rings is 1. The van der Waals surface area contributed by atoms with Crippen molar-refractivity contribution in [3.63, 3.8) is 0 Å². The van der Waals surface area contributed by atoms with Gasteiger partial charge in [-0.2, -0.15) is 0 Å². The molecular formula is C15H12ClN3O3. The third-order valence-electron chi connectivity index (χ3n) is 3.11. The van der Waals surface area contributed by atoms with Crippen LogP contribution in [0.1, 0.15) is 5.56 Å². The number of nitrogens with zero attached hydrogens (tertiary/aromatic N) is 2. The summed E-state index contributed by atoms with van der Waals surface area (Å²) in [4.78, 5) is 22.3. The van der Waals surface area contributed by atoms with Gasteiger partial charge in [0, 0.05) is 12.3 Å². The summed E-state index contributed by atoms with van der Waals surface area (Å²) in [5.74, 6) is 0.965. The van der Waals surface area contributed by atoms with Crippen LogP contribution in [0.2, 0.25) is 5.15 Å². The Labute approximate surface area is 130 Å². The zero-order valence-corrected chi connectivity index (χ0v) is 12.4. The SMILES string of the molecule is COc1cc2c(=O)[nH]cnc2cc1OCc1ccnc(Cl)c1. The molecule has 0 aliphatic heterocycles. The third-order valence-corrected chi connectivity index (χ3v) is 3.32. The van der Waals surface area contributed by atoms with Gasteiger partial charge in [-0.25, -0.2) is 9.97 Å². The van der Waals surface area contributed by atoms with Gasteiger partial charge in [0.2, 0.25) is 0 Å². The fraction of sp³-hybridized carbons (Fsp3) is 0.133. The second-order valence-corrected chi connectivity index (χ2v) is 4.91. The number of fused-ring (bicyclic) bond motifs is 1. The number of halogens is 1. The van der Waals surface area contributed by atoms with Crippen LogP contribution in [0.25, 0.3) is 10.9 Å². The van der Waals surface area contributed by atoms with Crippen molar-refractivity contribution < 1.29 is 9.47 Å². The molecule has 2 aromatic heterocycles. The first-order valence-corrected chi connectivity index (χ1v) is 6.84. The number of ether oxygens (including phenoxy) is 2. The number of methoxy groups -OCH3 is 1. The van der Waals surface area contributed by atoms with E-state index in [0.29, 0.717) is 34.2 Å². The van der Waals surface area contributed by atoms with Crippen LogP contribution in [-0.4, -0.2) is 22.1 Å². The Morgan fingerprint density at radius 2 is 2.09 bits per heavy atom. The maximum absolute atomic E-state index is 11.8. The Bertz CT molecular complexity index is 879. The minimum Gasteiger partial charge on any atom is -0.493 e. The van der Waals surface area contributed by atoms with Gasteiger partial charge in [-0.1, -0.05) is 11.6 Å². The van der Waals surface area contributed by atoms with Crippen molar-refractivity contribution in [2.24, 2.45) is 0 Å². The van der Waals surface area contributed by atoms with Gasteiger partial charge in [0.15, 0.2) is 11.5 Å². The van der Waals surface area contributed by atoms with Crippen molar-refractivity contribution >= 4 is 22.5 Å². The summed E-state index contributed by atoms with van der Waals surface area (Å²) in [5, 5.41) is 0.846. The molecule has 0 bridgehead atoms. The molecule has 3 aromatic rings. The van der Waals surface area contributed by atoms with E-state index < -0.39 is 0 Å². The van der Waals surface area contributed by atoms with Gasteiger partial charge in [-0.3, -0.25) is 4.79 Å². The van der Waals surface area contributed by atoms with Gasteiger partial charge in [-0.05, 0) is 23.8 Å². The van der Waals surface area contributed by atoms with Crippen LogP contribution in [0.3, 0.4) is 0 Å². The molecule has 1 aromatic carbocycles. The van der Waals surface area contributed by atoms with Crippen molar-refractivity contribution in [2.45, 2.75) is 6.61 Å². The fourth-order valence-corrected chi connectivity index (χ4v) is 2.24. The second kappa shape index (κ2) is 6.03. The standard InChI is InChI=1S/C15H12ClN3O3/c1-21-12-5-10-11(18-8-19-15(10)20)6-13(12)22-7-9-2-3-17-14(16)4-9/h2-6,8H,7H2,1H3,(H,18,19,20). The zero-order valence-electron chi connectivity index (χ0n) is 11.7. The average molecular weight is 318 g/mol. The van der Waals surface area contributed by atoms with E-state index in [1.165, 1.54) is 13.4 Å². The minimum absolute atomic E-state index is 0.226. The highest BCUT2D eigenvalue weighted by Crippen LogP contribution is 2.30. The van der Waals surface area contributed by atoms with Crippen LogP contribution in [0, 0.1) is 0 Å². The quantitative estimate of drug-likeness (QED) is 0.748. The van der Waals surface area contributed by atoms with Crippen LogP contribution in [0.5, 0.6) is 11.5 Å². The Morgan fingerprint density at radius 3 is 2.86 bits per heavy atom. The number of aromatic nitrogens is 3. The second-order valence-electron chi connectivity index (χ2n) is 4.53. The Morgan fingerprint density at radius 1 is 1.23 bits per heavy atom. The first kappa shape index (κ1) is 14.3. The number of H-pyrrole nitrogens is 1. The molecule has 0 unspecified atom stereocenters. The molecule has 2 heterocycles. The molecule has 0 radical (unpaired) electrons. The van der Waals surface area contributed by atoms with E-state index >= 15 is 0 Å². The van der Waals surface area contributed by atoms with E-state index in [-0.39, 0.29) is 5.56 Å². The topological polar surface area (TPSA) is 77.1 Å². The van der Waals surface area contributed by atoms with Crippen molar-refractivity contribution in [3.05, 3.63) is 57.9 Å². The molecule has 0 saturated heterocycles. The Balaban J connectivity index is 1.94. The van der Waals surface area contributed by atoms with E-state index in [4.69, 9.17) is 21.1 Å². The highest BCUT2D eigenvalue weighted by molar-refractivity contribution is 6.29. The molecule has 6 nitrogen and oxygen atoms in total. The molecule has 3 rings (SSSR count). The number of nitrogens with one attached hydrogen (secondary N) is 1. The summed E-state index contributed by atoms with van der Waals surface area (Å²) in [6.45, 7) is 0.299. The minimum atomic E-state index is -0.226. The van der Waals surface area contributed by atoms with Gasteiger partial charge < -0.3 is 14.5 Å². The molecule has 0 aliphatic rings. The van der Waals surface area contributed by atoms with Crippen molar-refractivity contribution in [1.29, 1.82) is 0 Å². The average Bonchev–Trinajstić information content (AvgIpc) is 2.52. The first-order valence-electron chi connectivity index (χ1n) is 6.46. The van der Waals surface area contributed by atoms with Crippen LogP contribution in [-0.2, 0) is 6.61 Å². The Kier molecular flexibility index (Phi) is 3.93. The van der Waals surface area contributed by atoms with Gasteiger partial charge in [0.05, 0.1) is 24.3 Å². The van der Waals surface area contributed by atoms with Crippen molar-refractivity contribution in [2.75, 3.05) is 7.11 Å². The molecule has 0 atom stereocenters. The van der Waals surface area contributed by atoms with E-state index in [0.717, 1.165) is 5.56 Å². The summed E-state index contributed by atoms with van der Waals surface area (Å²) in [6.07, 6.45) is 2.96.